The molecule has 1 aromatic carbocycles. The van der Waals surface area contributed by atoms with Gasteiger partial charge in [0.25, 0.3) is 0 Å². The van der Waals surface area contributed by atoms with Crippen LogP contribution >= 0.6 is 11.6 Å². The maximum atomic E-state index is 11.8. The monoisotopic (exact) mass is 316 g/mol. The summed E-state index contributed by atoms with van der Waals surface area (Å²) in [5.41, 5.74) is 6.68. The Kier molecular flexibility index (Phi) is 7.02. The van der Waals surface area contributed by atoms with Crippen LogP contribution in [0, 0.1) is 0 Å². The fourth-order valence-corrected chi connectivity index (χ4v) is 3.05. The maximum absolute atomic E-state index is 11.8. The van der Waals surface area contributed by atoms with Gasteiger partial charge in [0.15, 0.2) is 0 Å². The number of hydrogen-bond donors (Lipinski definition) is 2. The largest absolute Gasteiger partial charge is 0.399 e. The van der Waals surface area contributed by atoms with Gasteiger partial charge in [-0.25, -0.2) is 0 Å². The molecule has 0 radical (unpaired) electrons. The molecule has 0 aromatic heterocycles. The van der Waals surface area contributed by atoms with Gasteiger partial charge in [-0.15, -0.1) is 0 Å². The van der Waals surface area contributed by atoms with Crippen LogP contribution < -0.4 is 11.1 Å². The fraction of sp³-hybridized carbons (Fsp3) is 0.500. The molecule has 4 nitrogen and oxygen atoms in total. The normalized spacial score (nSPS) is 13.8. The van der Waals surface area contributed by atoms with E-state index >= 15 is 0 Å². The Labute approximate surface area is 127 Å². The van der Waals surface area contributed by atoms with Crippen molar-refractivity contribution >= 4 is 39.7 Å². The van der Waals surface area contributed by atoms with E-state index < -0.39 is 10.8 Å². The predicted molar refractivity (Wildman–Crippen MR) is 86.5 cm³/mol. The van der Waals surface area contributed by atoms with E-state index in [0.29, 0.717) is 35.0 Å². The van der Waals surface area contributed by atoms with Crippen LogP contribution in [0.4, 0.5) is 11.4 Å². The summed E-state index contributed by atoms with van der Waals surface area (Å²) >= 11 is 5.98. The minimum atomic E-state index is -0.858. The van der Waals surface area contributed by atoms with Crippen LogP contribution in [0.5, 0.6) is 0 Å². The van der Waals surface area contributed by atoms with Crippen molar-refractivity contribution in [2.45, 2.75) is 38.4 Å². The SMILES string of the molecule is CCC(C)S(=O)CCCC(=O)Nc1ccc(N)cc1Cl. The topological polar surface area (TPSA) is 72.2 Å². The summed E-state index contributed by atoms with van der Waals surface area (Å²) in [6.07, 6.45) is 1.83. The zero-order valence-corrected chi connectivity index (χ0v) is 13.4. The summed E-state index contributed by atoms with van der Waals surface area (Å²) in [6, 6.07) is 4.95. The van der Waals surface area contributed by atoms with E-state index in [0.717, 1.165) is 6.42 Å². The predicted octanol–water partition coefficient (Wildman–Crippen LogP) is 3.19. The molecule has 0 saturated carbocycles. The molecule has 0 heterocycles. The van der Waals surface area contributed by atoms with Gasteiger partial charge in [0.05, 0.1) is 10.7 Å². The number of rotatable bonds is 7. The Bertz CT molecular complexity index is 494. The molecule has 1 amide bonds. The maximum Gasteiger partial charge on any atom is 0.224 e. The van der Waals surface area contributed by atoms with Gasteiger partial charge in [-0.3, -0.25) is 9.00 Å². The molecular weight excluding hydrogens is 296 g/mol. The molecule has 0 aliphatic heterocycles. The van der Waals surface area contributed by atoms with Gasteiger partial charge in [0.2, 0.25) is 5.91 Å². The quantitative estimate of drug-likeness (QED) is 0.759. The molecule has 2 unspecified atom stereocenters. The lowest BCUT2D eigenvalue weighted by Gasteiger charge is -2.09. The Balaban J connectivity index is 2.39. The van der Waals surface area contributed by atoms with Crippen LogP contribution in [-0.2, 0) is 15.6 Å². The van der Waals surface area contributed by atoms with Gasteiger partial charge < -0.3 is 11.1 Å². The van der Waals surface area contributed by atoms with Crippen molar-refractivity contribution in [3.8, 4) is 0 Å². The minimum absolute atomic E-state index is 0.127. The summed E-state index contributed by atoms with van der Waals surface area (Å²) < 4.78 is 11.7. The average molecular weight is 317 g/mol. The number of nitrogens with two attached hydrogens (primary N) is 1. The fourth-order valence-electron chi connectivity index (χ4n) is 1.61. The molecule has 1 aromatic rings. The highest BCUT2D eigenvalue weighted by Gasteiger charge is 2.10. The standard InChI is InChI=1S/C14H21ClN2O2S/c1-3-10(2)20(19)8-4-5-14(18)17-13-7-6-11(16)9-12(13)15/h6-7,9-10H,3-5,8,16H2,1-2H3,(H,17,18). The van der Waals surface area contributed by atoms with Crippen molar-refractivity contribution in [2.24, 2.45) is 0 Å². The van der Waals surface area contributed by atoms with Crippen LogP contribution in [0.25, 0.3) is 0 Å². The molecular formula is C14H21ClN2O2S. The molecule has 2 atom stereocenters. The van der Waals surface area contributed by atoms with E-state index in [2.05, 4.69) is 5.32 Å². The third kappa shape index (κ3) is 5.51. The molecule has 112 valence electrons. The summed E-state index contributed by atoms with van der Waals surface area (Å²) in [4.78, 5) is 11.8. The van der Waals surface area contributed by atoms with E-state index in [1.54, 1.807) is 18.2 Å². The number of nitrogens with one attached hydrogen (secondary N) is 1. The highest BCUT2D eigenvalue weighted by molar-refractivity contribution is 7.85. The third-order valence-corrected chi connectivity index (χ3v) is 5.27. The minimum Gasteiger partial charge on any atom is -0.399 e. The molecule has 6 heteroatoms. The highest BCUT2D eigenvalue weighted by Crippen LogP contribution is 2.24. The third-order valence-electron chi connectivity index (χ3n) is 3.04. The summed E-state index contributed by atoms with van der Waals surface area (Å²) in [6.45, 7) is 3.97. The summed E-state index contributed by atoms with van der Waals surface area (Å²) in [5.74, 6) is 0.426. The zero-order valence-electron chi connectivity index (χ0n) is 11.8. The highest BCUT2D eigenvalue weighted by atomic mass is 35.5. The Morgan fingerprint density at radius 1 is 1.50 bits per heavy atom. The molecule has 0 fully saturated rings. The smallest absolute Gasteiger partial charge is 0.224 e. The van der Waals surface area contributed by atoms with Crippen LogP contribution in [0.15, 0.2) is 18.2 Å². The number of halogens is 1. The first-order chi connectivity index (χ1) is 9.43. The summed E-state index contributed by atoms with van der Waals surface area (Å²) in [5, 5.41) is 3.33. The van der Waals surface area contributed by atoms with Gasteiger partial charge in [-0.1, -0.05) is 25.4 Å². The van der Waals surface area contributed by atoms with E-state index in [1.165, 1.54) is 0 Å². The second kappa shape index (κ2) is 8.27. The Morgan fingerprint density at radius 2 is 2.20 bits per heavy atom. The Morgan fingerprint density at radius 3 is 2.80 bits per heavy atom. The first kappa shape index (κ1) is 17.0. The average Bonchev–Trinajstić information content (AvgIpc) is 2.41. The van der Waals surface area contributed by atoms with Gasteiger partial charge in [0, 0.05) is 33.9 Å². The summed E-state index contributed by atoms with van der Waals surface area (Å²) in [7, 11) is -0.858. The zero-order chi connectivity index (χ0) is 15.1. The van der Waals surface area contributed by atoms with Gasteiger partial charge in [-0.05, 0) is 31.0 Å². The van der Waals surface area contributed by atoms with Gasteiger partial charge in [-0.2, -0.15) is 0 Å². The van der Waals surface area contributed by atoms with E-state index in [1.807, 2.05) is 13.8 Å². The molecule has 3 N–H and O–H groups in total. The molecule has 20 heavy (non-hydrogen) atoms. The second-order valence-corrected chi connectivity index (χ2v) is 7.08. The van der Waals surface area contributed by atoms with Crippen LogP contribution in [0.3, 0.4) is 0 Å². The van der Waals surface area contributed by atoms with E-state index in [-0.39, 0.29) is 11.2 Å². The first-order valence-corrected chi connectivity index (χ1v) is 8.42. The van der Waals surface area contributed by atoms with Crippen LogP contribution in [-0.4, -0.2) is 21.1 Å². The van der Waals surface area contributed by atoms with Gasteiger partial charge in [0.1, 0.15) is 0 Å². The molecule has 0 saturated heterocycles. The van der Waals surface area contributed by atoms with Crippen LogP contribution in [0.1, 0.15) is 33.1 Å². The lowest BCUT2D eigenvalue weighted by Crippen LogP contribution is -2.16. The second-order valence-electron chi connectivity index (χ2n) is 4.69. The Hall–Kier alpha value is -1.07. The molecule has 0 bridgehead atoms. The van der Waals surface area contributed by atoms with Crippen molar-refractivity contribution in [2.75, 3.05) is 16.8 Å². The number of carbonyl (C=O) groups excluding carboxylic acids is 1. The number of nitrogen functional groups attached to an aromatic ring is 1. The molecule has 0 aliphatic carbocycles. The number of hydrogen-bond acceptors (Lipinski definition) is 3. The molecule has 0 aliphatic rings. The lowest BCUT2D eigenvalue weighted by molar-refractivity contribution is -0.116. The number of carbonyl (C=O) groups is 1. The van der Waals surface area contributed by atoms with Crippen LogP contribution in [0.2, 0.25) is 5.02 Å². The van der Waals surface area contributed by atoms with Crippen molar-refractivity contribution in [3.63, 3.8) is 0 Å². The first-order valence-electron chi connectivity index (χ1n) is 6.66. The van der Waals surface area contributed by atoms with Gasteiger partial charge >= 0.3 is 0 Å². The van der Waals surface area contributed by atoms with Crippen molar-refractivity contribution < 1.29 is 9.00 Å². The van der Waals surface area contributed by atoms with Crippen molar-refractivity contribution in [1.29, 1.82) is 0 Å². The number of amides is 1. The van der Waals surface area contributed by atoms with E-state index in [9.17, 15) is 9.00 Å². The number of anilines is 2. The van der Waals surface area contributed by atoms with Crippen molar-refractivity contribution in [1.82, 2.24) is 0 Å². The number of benzene rings is 1. The molecule has 0 spiro atoms. The van der Waals surface area contributed by atoms with E-state index in [4.69, 9.17) is 17.3 Å². The lowest BCUT2D eigenvalue weighted by atomic mass is 10.2. The molecule has 1 rings (SSSR count). The van der Waals surface area contributed by atoms with Crippen molar-refractivity contribution in [3.05, 3.63) is 23.2 Å².